The minimum absolute atomic E-state index is 0. The first-order valence-electron chi connectivity index (χ1n) is 8.66. The van der Waals surface area contributed by atoms with Gasteiger partial charge in [-0.05, 0) is 68.9 Å². The van der Waals surface area contributed by atoms with Gasteiger partial charge in [-0.3, -0.25) is 4.79 Å². The van der Waals surface area contributed by atoms with E-state index in [1.54, 1.807) is 4.90 Å². The molecule has 0 spiro atoms. The van der Waals surface area contributed by atoms with Crippen LogP contribution in [0.25, 0.3) is 0 Å². The average Bonchev–Trinajstić information content (AvgIpc) is 2.97. The fourth-order valence-corrected chi connectivity index (χ4v) is 5.03. The summed E-state index contributed by atoms with van der Waals surface area (Å²) in [6.45, 7) is 10.9. The van der Waals surface area contributed by atoms with Crippen molar-refractivity contribution in [3.8, 4) is 0 Å². The first-order valence-corrected chi connectivity index (χ1v) is 10.1. The van der Waals surface area contributed by atoms with Crippen molar-refractivity contribution in [3.63, 3.8) is 0 Å². The van der Waals surface area contributed by atoms with Gasteiger partial charge in [0.1, 0.15) is 0 Å². The molecule has 1 heterocycles. The van der Waals surface area contributed by atoms with Gasteiger partial charge in [0.25, 0.3) is 0 Å². The molecule has 1 atom stereocenters. The summed E-state index contributed by atoms with van der Waals surface area (Å²) >= 11 is 0. The Bertz CT molecular complexity index is 764. The van der Waals surface area contributed by atoms with Crippen LogP contribution in [-0.4, -0.2) is 44.9 Å². The van der Waals surface area contributed by atoms with Crippen LogP contribution in [0.15, 0.2) is 4.90 Å². The molecule has 0 aliphatic carbocycles. The van der Waals surface area contributed by atoms with Crippen molar-refractivity contribution >= 4 is 28.3 Å². The molecule has 1 aliphatic rings. The van der Waals surface area contributed by atoms with Crippen molar-refractivity contribution in [2.45, 2.75) is 58.4 Å². The molecule has 2 rings (SSSR count). The topological polar surface area (TPSA) is 92.5 Å². The lowest BCUT2D eigenvalue weighted by Gasteiger charge is -2.19. The number of rotatable bonds is 5. The third-order valence-electron chi connectivity index (χ3n) is 5.41. The van der Waals surface area contributed by atoms with E-state index in [4.69, 9.17) is 5.73 Å². The molecular formula is C18H30ClN3O3S. The predicted octanol–water partition coefficient (Wildman–Crippen LogP) is 1.88. The zero-order valence-electron chi connectivity index (χ0n) is 16.2. The monoisotopic (exact) mass is 403 g/mol. The van der Waals surface area contributed by atoms with Crippen molar-refractivity contribution < 1.29 is 13.2 Å². The zero-order valence-corrected chi connectivity index (χ0v) is 17.8. The van der Waals surface area contributed by atoms with Gasteiger partial charge in [-0.2, -0.15) is 0 Å². The first-order chi connectivity index (χ1) is 11.6. The van der Waals surface area contributed by atoms with E-state index in [2.05, 4.69) is 4.72 Å². The molecule has 1 aromatic carbocycles. The third-order valence-corrected chi connectivity index (χ3v) is 7.14. The Morgan fingerprint density at radius 2 is 1.58 bits per heavy atom. The normalized spacial score (nSPS) is 17.3. The Morgan fingerprint density at radius 1 is 1.08 bits per heavy atom. The second-order valence-electron chi connectivity index (χ2n) is 6.99. The standard InChI is InChI=1S/C18H29N3O3S.ClH/c1-11-12(2)14(4)18(15(5)13(11)3)25(23,24)20-8-6-17(22)21-9-7-16(19)10-21;/h16,20H,6-10,19H2,1-5H3;1H/t16-;/m1./s1. The summed E-state index contributed by atoms with van der Waals surface area (Å²) in [4.78, 5) is 14.2. The lowest BCUT2D eigenvalue weighted by atomic mass is 9.95. The molecule has 0 aromatic heterocycles. The molecule has 8 heteroatoms. The maximum Gasteiger partial charge on any atom is 0.241 e. The van der Waals surface area contributed by atoms with Crippen LogP contribution < -0.4 is 10.5 Å². The first kappa shape index (κ1) is 22.9. The Kier molecular flexibility index (Phi) is 7.65. The Morgan fingerprint density at radius 3 is 2.04 bits per heavy atom. The number of likely N-dealkylation sites (tertiary alicyclic amines) is 1. The lowest BCUT2D eigenvalue weighted by molar-refractivity contribution is -0.130. The van der Waals surface area contributed by atoms with Gasteiger partial charge in [0.05, 0.1) is 4.90 Å². The molecule has 6 nitrogen and oxygen atoms in total. The molecule has 0 saturated carbocycles. The second kappa shape index (κ2) is 8.69. The molecule has 3 N–H and O–H groups in total. The van der Waals surface area contributed by atoms with Crippen LogP contribution in [-0.2, 0) is 14.8 Å². The highest BCUT2D eigenvalue weighted by atomic mass is 35.5. The number of benzene rings is 1. The zero-order chi connectivity index (χ0) is 18.9. The van der Waals surface area contributed by atoms with Crippen LogP contribution in [0.2, 0.25) is 0 Å². The number of sulfonamides is 1. The maximum atomic E-state index is 12.8. The van der Waals surface area contributed by atoms with E-state index in [1.807, 2.05) is 34.6 Å². The highest BCUT2D eigenvalue weighted by Gasteiger charge is 2.26. The summed E-state index contributed by atoms with van der Waals surface area (Å²) in [5, 5.41) is 0. The summed E-state index contributed by atoms with van der Waals surface area (Å²) in [7, 11) is -3.66. The molecule has 0 unspecified atom stereocenters. The van der Waals surface area contributed by atoms with Gasteiger partial charge < -0.3 is 10.6 Å². The molecule has 1 fully saturated rings. The fourth-order valence-electron chi connectivity index (χ4n) is 3.41. The predicted molar refractivity (Wildman–Crippen MR) is 106 cm³/mol. The van der Waals surface area contributed by atoms with E-state index in [1.165, 1.54) is 0 Å². The Labute approximate surface area is 163 Å². The molecule has 1 aliphatic heterocycles. The van der Waals surface area contributed by atoms with Crippen LogP contribution in [0.3, 0.4) is 0 Å². The number of carbonyl (C=O) groups excluding carboxylic acids is 1. The number of hydrogen-bond acceptors (Lipinski definition) is 4. The quantitative estimate of drug-likeness (QED) is 0.784. The SMILES string of the molecule is Cc1c(C)c(C)c(S(=O)(=O)NCCC(=O)N2CC[C@@H](N)C2)c(C)c1C.Cl. The van der Waals surface area contributed by atoms with Gasteiger partial charge in [-0.15, -0.1) is 12.4 Å². The summed E-state index contributed by atoms with van der Waals surface area (Å²) < 4.78 is 28.2. The minimum atomic E-state index is -3.66. The molecule has 148 valence electrons. The Balaban J connectivity index is 0.00000338. The van der Waals surface area contributed by atoms with Crippen molar-refractivity contribution in [1.82, 2.24) is 9.62 Å². The summed E-state index contributed by atoms with van der Waals surface area (Å²) in [6.07, 6.45) is 0.950. The van der Waals surface area contributed by atoms with Gasteiger partial charge in [0.15, 0.2) is 0 Å². The molecular weight excluding hydrogens is 374 g/mol. The van der Waals surface area contributed by atoms with Crippen LogP contribution in [0.4, 0.5) is 0 Å². The molecule has 0 bridgehead atoms. The van der Waals surface area contributed by atoms with E-state index in [-0.39, 0.29) is 37.3 Å². The van der Waals surface area contributed by atoms with Crippen molar-refractivity contribution in [1.29, 1.82) is 0 Å². The minimum Gasteiger partial charge on any atom is -0.341 e. The highest BCUT2D eigenvalue weighted by Crippen LogP contribution is 2.29. The van der Waals surface area contributed by atoms with Crippen molar-refractivity contribution in [3.05, 3.63) is 27.8 Å². The van der Waals surface area contributed by atoms with Crippen LogP contribution in [0.5, 0.6) is 0 Å². The molecule has 0 radical (unpaired) electrons. The molecule has 1 saturated heterocycles. The maximum absolute atomic E-state index is 12.8. The van der Waals surface area contributed by atoms with Crippen molar-refractivity contribution in [2.24, 2.45) is 5.73 Å². The van der Waals surface area contributed by atoms with Gasteiger partial charge in [-0.1, -0.05) is 0 Å². The van der Waals surface area contributed by atoms with E-state index >= 15 is 0 Å². The van der Waals surface area contributed by atoms with Gasteiger partial charge >= 0.3 is 0 Å². The van der Waals surface area contributed by atoms with E-state index in [0.29, 0.717) is 18.0 Å². The van der Waals surface area contributed by atoms with Gasteiger partial charge in [0, 0.05) is 32.1 Å². The summed E-state index contributed by atoms with van der Waals surface area (Å²) in [5.41, 5.74) is 10.4. The largest absolute Gasteiger partial charge is 0.341 e. The molecule has 1 amide bonds. The lowest BCUT2D eigenvalue weighted by Crippen LogP contribution is -2.35. The van der Waals surface area contributed by atoms with Crippen LogP contribution in [0.1, 0.15) is 40.7 Å². The summed E-state index contributed by atoms with van der Waals surface area (Å²) in [6, 6.07) is 0.0319. The van der Waals surface area contributed by atoms with Crippen LogP contribution >= 0.6 is 12.4 Å². The fraction of sp³-hybridized carbons (Fsp3) is 0.611. The van der Waals surface area contributed by atoms with E-state index < -0.39 is 10.0 Å². The number of hydrogen-bond donors (Lipinski definition) is 2. The highest BCUT2D eigenvalue weighted by molar-refractivity contribution is 7.89. The van der Waals surface area contributed by atoms with E-state index in [9.17, 15) is 13.2 Å². The van der Waals surface area contributed by atoms with Crippen molar-refractivity contribution in [2.75, 3.05) is 19.6 Å². The number of halogens is 1. The number of nitrogens with two attached hydrogens (primary N) is 1. The number of nitrogens with one attached hydrogen (secondary N) is 1. The molecule has 26 heavy (non-hydrogen) atoms. The van der Waals surface area contributed by atoms with Gasteiger partial charge in [0.2, 0.25) is 15.9 Å². The number of carbonyl (C=O) groups is 1. The third kappa shape index (κ3) is 4.57. The smallest absolute Gasteiger partial charge is 0.241 e. The van der Waals surface area contributed by atoms with E-state index in [0.717, 1.165) is 34.2 Å². The Hall–Kier alpha value is -1.15. The average molecular weight is 404 g/mol. The molecule has 1 aromatic rings. The van der Waals surface area contributed by atoms with Gasteiger partial charge in [-0.25, -0.2) is 13.1 Å². The number of nitrogens with zero attached hydrogens (tertiary/aromatic N) is 1. The second-order valence-corrected chi connectivity index (χ2v) is 8.69. The van der Waals surface area contributed by atoms with Crippen LogP contribution in [0, 0.1) is 34.6 Å². The summed E-state index contributed by atoms with van der Waals surface area (Å²) in [5.74, 6) is -0.0552. The number of amides is 1.